The molecule has 1 saturated heterocycles. The van der Waals surface area contributed by atoms with Crippen LogP contribution in [0.15, 0.2) is 35.4 Å². The average Bonchev–Trinajstić information content (AvgIpc) is 3.29. The topological polar surface area (TPSA) is 146 Å². The fraction of sp³-hybridized carbons (Fsp3) is 0.450. The van der Waals surface area contributed by atoms with Crippen molar-refractivity contribution in [2.45, 2.75) is 50.7 Å². The second-order valence-corrected chi connectivity index (χ2v) is 7.39. The molecule has 2 aromatic heterocycles. The maximum atomic E-state index is 12.5. The maximum absolute atomic E-state index is 12.5. The molecule has 30 heavy (non-hydrogen) atoms. The van der Waals surface area contributed by atoms with Crippen LogP contribution in [0, 0.1) is 0 Å². The minimum Gasteiger partial charge on any atom is -0.394 e. The number of imidazole rings is 1. The summed E-state index contributed by atoms with van der Waals surface area (Å²) in [5.41, 5.74) is 1.81. The Morgan fingerprint density at radius 3 is 2.67 bits per heavy atom. The molecule has 0 aliphatic carbocycles. The molecule has 0 spiro atoms. The highest BCUT2D eigenvalue weighted by Crippen LogP contribution is 2.31. The first kappa shape index (κ1) is 20.5. The predicted molar refractivity (Wildman–Crippen MR) is 109 cm³/mol. The van der Waals surface area contributed by atoms with Crippen LogP contribution < -0.4 is 10.9 Å². The number of nitrogens with zero attached hydrogens (tertiary/aromatic N) is 3. The van der Waals surface area contributed by atoms with Gasteiger partial charge in [-0.2, -0.15) is 4.98 Å². The number of aliphatic hydroxyl groups excluding tert-OH is 3. The van der Waals surface area contributed by atoms with Gasteiger partial charge in [-0.15, -0.1) is 0 Å². The molecular formula is C20H25N5O5. The fourth-order valence-electron chi connectivity index (χ4n) is 3.55. The highest BCUT2D eigenvalue weighted by atomic mass is 16.6. The molecule has 4 rings (SSSR count). The van der Waals surface area contributed by atoms with Crippen molar-refractivity contribution in [3.63, 3.8) is 0 Å². The Morgan fingerprint density at radius 1 is 1.23 bits per heavy atom. The third-order valence-corrected chi connectivity index (χ3v) is 5.26. The van der Waals surface area contributed by atoms with Gasteiger partial charge in [0.05, 0.1) is 12.9 Å². The molecule has 0 saturated carbocycles. The van der Waals surface area contributed by atoms with E-state index < -0.39 is 36.7 Å². The van der Waals surface area contributed by atoms with E-state index in [4.69, 9.17) is 4.74 Å². The third kappa shape index (κ3) is 3.82. The zero-order chi connectivity index (χ0) is 21.3. The second kappa shape index (κ2) is 8.52. The summed E-state index contributed by atoms with van der Waals surface area (Å²) in [6.45, 7) is 1.70. The summed E-state index contributed by atoms with van der Waals surface area (Å²) < 4.78 is 6.91. The van der Waals surface area contributed by atoms with E-state index in [1.807, 2.05) is 24.3 Å². The van der Waals surface area contributed by atoms with Crippen LogP contribution in [-0.4, -0.2) is 59.8 Å². The number of nitrogens with one attached hydrogen (secondary N) is 2. The van der Waals surface area contributed by atoms with Crippen molar-refractivity contribution in [3.8, 4) is 0 Å². The summed E-state index contributed by atoms with van der Waals surface area (Å²) in [4.78, 5) is 23.6. The predicted octanol–water partition coefficient (Wildman–Crippen LogP) is 0.817. The number of aliphatic hydroxyl groups is 3. The van der Waals surface area contributed by atoms with Crippen molar-refractivity contribution < 1.29 is 20.1 Å². The molecule has 1 aromatic carbocycles. The van der Waals surface area contributed by atoms with Gasteiger partial charge in [0.25, 0.3) is 5.56 Å². The van der Waals surface area contributed by atoms with E-state index >= 15 is 0 Å². The van der Waals surface area contributed by atoms with Crippen LogP contribution in [0.2, 0.25) is 0 Å². The Morgan fingerprint density at radius 2 is 2.00 bits per heavy atom. The largest absolute Gasteiger partial charge is 0.394 e. The summed E-state index contributed by atoms with van der Waals surface area (Å²) in [6, 6.07) is 7.88. The highest BCUT2D eigenvalue weighted by molar-refractivity contribution is 5.72. The van der Waals surface area contributed by atoms with Gasteiger partial charge in [-0.05, 0) is 30.5 Å². The Labute approximate surface area is 172 Å². The Kier molecular flexibility index (Phi) is 5.82. The zero-order valence-corrected chi connectivity index (χ0v) is 16.5. The van der Waals surface area contributed by atoms with Crippen LogP contribution in [0.3, 0.4) is 0 Å². The van der Waals surface area contributed by atoms with E-state index in [-0.39, 0.29) is 17.1 Å². The molecule has 5 N–H and O–H groups in total. The Hall–Kier alpha value is -2.79. The summed E-state index contributed by atoms with van der Waals surface area (Å²) in [5.74, 6) is 0.210. The lowest BCUT2D eigenvalue weighted by atomic mass is 10.1. The fourth-order valence-corrected chi connectivity index (χ4v) is 3.55. The monoisotopic (exact) mass is 415 g/mol. The van der Waals surface area contributed by atoms with Gasteiger partial charge in [0.2, 0.25) is 5.95 Å². The lowest BCUT2D eigenvalue weighted by Crippen LogP contribution is -2.33. The molecule has 3 aromatic rings. The number of aromatic nitrogens is 4. The van der Waals surface area contributed by atoms with Crippen LogP contribution in [0.5, 0.6) is 0 Å². The Bertz CT molecular complexity index is 1060. The van der Waals surface area contributed by atoms with E-state index in [1.54, 1.807) is 0 Å². The molecule has 160 valence electrons. The molecule has 10 heteroatoms. The van der Waals surface area contributed by atoms with Crippen LogP contribution in [0.4, 0.5) is 11.6 Å². The van der Waals surface area contributed by atoms with E-state index in [2.05, 4.69) is 27.2 Å². The smallest absolute Gasteiger partial charge is 0.280 e. The lowest BCUT2D eigenvalue weighted by molar-refractivity contribution is -0.0511. The van der Waals surface area contributed by atoms with E-state index in [9.17, 15) is 20.1 Å². The van der Waals surface area contributed by atoms with Crippen LogP contribution in [0.1, 0.15) is 31.6 Å². The minimum atomic E-state index is -1.30. The summed E-state index contributed by atoms with van der Waals surface area (Å²) in [6.07, 6.45) is 0.0739. The molecule has 10 nitrogen and oxygen atoms in total. The number of fused-ring (bicyclic) bond motifs is 1. The van der Waals surface area contributed by atoms with Gasteiger partial charge in [-0.1, -0.05) is 25.5 Å². The maximum Gasteiger partial charge on any atom is 0.280 e. The van der Waals surface area contributed by atoms with E-state index in [0.717, 1.165) is 24.9 Å². The molecule has 1 aliphatic rings. The first-order valence-corrected chi connectivity index (χ1v) is 9.97. The zero-order valence-electron chi connectivity index (χ0n) is 16.5. The Balaban J connectivity index is 1.62. The normalized spacial score (nSPS) is 23.9. The quantitative estimate of drug-likeness (QED) is 0.381. The molecule has 0 radical (unpaired) electrons. The van der Waals surface area contributed by atoms with Crippen LogP contribution in [-0.2, 0) is 11.2 Å². The average molecular weight is 415 g/mol. The van der Waals surface area contributed by atoms with Gasteiger partial charge in [0.1, 0.15) is 18.3 Å². The number of benzene rings is 1. The minimum absolute atomic E-state index is 0.0770. The summed E-state index contributed by atoms with van der Waals surface area (Å²) in [7, 11) is 0. The number of H-pyrrole nitrogens is 1. The SMILES string of the molecule is CCCCc1ccc(Nc2nc3c(ncn3[C@H]3O[C@@H](CO)[C@H](O)[C@@H]3O)c(=O)[nH]2)cc1. The third-order valence-electron chi connectivity index (χ3n) is 5.26. The molecule has 3 heterocycles. The van der Waals surface area contributed by atoms with Gasteiger partial charge in [-0.3, -0.25) is 14.3 Å². The first-order chi connectivity index (χ1) is 14.5. The summed E-state index contributed by atoms with van der Waals surface area (Å²) >= 11 is 0. The van der Waals surface area contributed by atoms with E-state index in [1.165, 1.54) is 16.5 Å². The molecule has 4 atom stereocenters. The molecule has 0 unspecified atom stereocenters. The standard InChI is InChI=1S/C20H25N5O5/c1-2-3-4-11-5-7-12(8-6-11)22-20-23-17-14(18(29)24-20)21-10-25(17)19-16(28)15(27)13(9-26)30-19/h5-8,10,13,15-16,19,26-28H,2-4,9H2,1H3,(H2,22,23,24,29)/t13-,15-,16-,19-/m0/s1. The van der Waals surface area contributed by atoms with Crippen molar-refractivity contribution in [1.29, 1.82) is 0 Å². The number of anilines is 2. The van der Waals surface area contributed by atoms with Gasteiger partial charge in [-0.25, -0.2) is 4.98 Å². The van der Waals surface area contributed by atoms with Gasteiger partial charge in [0, 0.05) is 5.69 Å². The second-order valence-electron chi connectivity index (χ2n) is 7.39. The van der Waals surface area contributed by atoms with E-state index in [0.29, 0.717) is 0 Å². The molecule has 0 amide bonds. The van der Waals surface area contributed by atoms with Gasteiger partial charge >= 0.3 is 0 Å². The highest BCUT2D eigenvalue weighted by Gasteiger charge is 2.44. The van der Waals surface area contributed by atoms with Crippen molar-refractivity contribution in [3.05, 3.63) is 46.5 Å². The van der Waals surface area contributed by atoms with Crippen molar-refractivity contribution in [2.75, 3.05) is 11.9 Å². The lowest BCUT2D eigenvalue weighted by Gasteiger charge is -2.16. The number of hydrogen-bond acceptors (Lipinski definition) is 8. The number of rotatable bonds is 7. The van der Waals surface area contributed by atoms with Gasteiger partial charge in [0.15, 0.2) is 17.4 Å². The van der Waals surface area contributed by atoms with Crippen molar-refractivity contribution >= 4 is 22.8 Å². The molecule has 1 fully saturated rings. The number of hydrogen-bond donors (Lipinski definition) is 5. The number of ether oxygens (including phenoxy) is 1. The molecule has 0 bridgehead atoms. The molecular weight excluding hydrogens is 390 g/mol. The van der Waals surface area contributed by atoms with Crippen molar-refractivity contribution in [1.82, 2.24) is 19.5 Å². The van der Waals surface area contributed by atoms with Crippen LogP contribution >= 0.6 is 0 Å². The van der Waals surface area contributed by atoms with Crippen LogP contribution in [0.25, 0.3) is 11.2 Å². The molecule has 1 aliphatic heterocycles. The number of aromatic amines is 1. The summed E-state index contributed by atoms with van der Waals surface area (Å²) in [5, 5.41) is 32.7. The van der Waals surface area contributed by atoms with Gasteiger partial charge < -0.3 is 25.4 Å². The number of unbranched alkanes of at least 4 members (excludes halogenated alkanes) is 1. The number of aryl methyl sites for hydroxylation is 1. The van der Waals surface area contributed by atoms with Crippen molar-refractivity contribution in [2.24, 2.45) is 0 Å². The first-order valence-electron chi connectivity index (χ1n) is 9.97.